The number of nitrogens with one attached hydrogen (secondary N) is 1. The molecule has 6 nitrogen and oxygen atoms in total. The van der Waals surface area contributed by atoms with E-state index < -0.39 is 18.7 Å². The summed E-state index contributed by atoms with van der Waals surface area (Å²) in [7, 11) is 0. The molecule has 1 aliphatic rings. The number of fused-ring (bicyclic) bond motifs is 3. The number of carboxylic acids is 1. The molecule has 0 radical (unpaired) electrons. The zero-order valence-electron chi connectivity index (χ0n) is 14.5. The van der Waals surface area contributed by atoms with Crippen molar-refractivity contribution in [2.75, 3.05) is 19.8 Å². The summed E-state index contributed by atoms with van der Waals surface area (Å²) >= 11 is 0. The topological polar surface area (TPSA) is 84.9 Å². The molecule has 0 saturated heterocycles. The first-order valence-corrected chi connectivity index (χ1v) is 8.47. The van der Waals surface area contributed by atoms with E-state index in [1.807, 2.05) is 24.3 Å². The summed E-state index contributed by atoms with van der Waals surface area (Å²) in [6.07, 6.45) is -0.543. The van der Waals surface area contributed by atoms with Gasteiger partial charge >= 0.3 is 12.1 Å². The molecule has 1 amide bonds. The number of alkyl carbamates (subject to hydrolysis) is 1. The van der Waals surface area contributed by atoms with Gasteiger partial charge in [-0.05, 0) is 29.2 Å². The minimum absolute atomic E-state index is 0.00622. The highest BCUT2D eigenvalue weighted by Gasteiger charge is 2.29. The quantitative estimate of drug-likeness (QED) is 0.797. The van der Waals surface area contributed by atoms with Crippen LogP contribution in [0.5, 0.6) is 0 Å². The SMILES string of the molecule is C[C@H](COCC(=O)O)NC(=O)OCC1c2ccccc2-c2ccccc21. The Balaban J connectivity index is 1.58. The van der Waals surface area contributed by atoms with Gasteiger partial charge in [0.2, 0.25) is 0 Å². The lowest BCUT2D eigenvalue weighted by atomic mass is 9.98. The van der Waals surface area contributed by atoms with Crippen molar-refractivity contribution in [2.24, 2.45) is 0 Å². The molecule has 1 atom stereocenters. The number of benzene rings is 2. The number of hydrogen-bond acceptors (Lipinski definition) is 4. The van der Waals surface area contributed by atoms with Crippen LogP contribution in [0.15, 0.2) is 48.5 Å². The molecular weight excluding hydrogens is 334 g/mol. The largest absolute Gasteiger partial charge is 0.480 e. The summed E-state index contributed by atoms with van der Waals surface area (Å²) in [6, 6.07) is 15.9. The van der Waals surface area contributed by atoms with Gasteiger partial charge in [-0.15, -0.1) is 0 Å². The van der Waals surface area contributed by atoms with Crippen molar-refractivity contribution in [2.45, 2.75) is 18.9 Å². The standard InChI is InChI=1S/C20H21NO5/c1-13(10-25-12-19(22)23)21-20(24)26-11-18-16-8-4-2-6-14(16)15-7-3-5-9-17(15)18/h2-9,13,18H,10-12H2,1H3,(H,21,24)(H,22,23)/t13-/m1/s1. The molecule has 0 fully saturated rings. The van der Waals surface area contributed by atoms with Crippen LogP contribution in [-0.4, -0.2) is 43.0 Å². The molecule has 0 bridgehead atoms. The van der Waals surface area contributed by atoms with Crippen molar-refractivity contribution >= 4 is 12.1 Å². The summed E-state index contributed by atoms with van der Waals surface area (Å²) in [5.74, 6) is -1.04. The van der Waals surface area contributed by atoms with Gasteiger partial charge in [0.25, 0.3) is 0 Å². The van der Waals surface area contributed by atoms with Gasteiger partial charge in [0.15, 0.2) is 0 Å². The number of rotatable bonds is 7. The van der Waals surface area contributed by atoms with Gasteiger partial charge in [-0.3, -0.25) is 0 Å². The average Bonchev–Trinajstić information content (AvgIpc) is 2.93. The maximum atomic E-state index is 12.0. The third kappa shape index (κ3) is 4.03. The van der Waals surface area contributed by atoms with E-state index in [1.54, 1.807) is 6.92 Å². The van der Waals surface area contributed by atoms with Crippen molar-refractivity contribution in [1.29, 1.82) is 0 Å². The average molecular weight is 355 g/mol. The van der Waals surface area contributed by atoms with Crippen molar-refractivity contribution in [3.8, 4) is 11.1 Å². The van der Waals surface area contributed by atoms with Crippen LogP contribution in [0.2, 0.25) is 0 Å². The van der Waals surface area contributed by atoms with Gasteiger partial charge in [-0.1, -0.05) is 48.5 Å². The lowest BCUT2D eigenvalue weighted by Crippen LogP contribution is -2.37. The molecule has 26 heavy (non-hydrogen) atoms. The molecule has 2 N–H and O–H groups in total. The molecule has 0 spiro atoms. The predicted octanol–water partition coefficient (Wildman–Crippen LogP) is 3.01. The number of ether oxygens (including phenoxy) is 2. The highest BCUT2D eigenvalue weighted by atomic mass is 16.5. The first kappa shape index (κ1) is 17.9. The van der Waals surface area contributed by atoms with Crippen LogP contribution >= 0.6 is 0 Å². The highest BCUT2D eigenvalue weighted by Crippen LogP contribution is 2.44. The molecule has 1 aliphatic carbocycles. The number of amides is 1. The van der Waals surface area contributed by atoms with Crippen LogP contribution in [0, 0.1) is 0 Å². The Bertz CT molecular complexity index is 759. The molecule has 0 aromatic heterocycles. The third-order valence-corrected chi connectivity index (χ3v) is 4.30. The molecule has 136 valence electrons. The van der Waals surface area contributed by atoms with Crippen LogP contribution in [-0.2, 0) is 14.3 Å². The summed E-state index contributed by atoms with van der Waals surface area (Å²) in [6.45, 7) is 1.68. The van der Waals surface area contributed by atoms with Crippen molar-refractivity contribution in [3.05, 3.63) is 59.7 Å². The van der Waals surface area contributed by atoms with E-state index in [0.717, 1.165) is 11.1 Å². The Labute approximate surface area is 151 Å². The molecule has 3 rings (SSSR count). The van der Waals surface area contributed by atoms with Gasteiger partial charge in [0.05, 0.1) is 12.6 Å². The van der Waals surface area contributed by atoms with E-state index in [1.165, 1.54) is 11.1 Å². The van der Waals surface area contributed by atoms with E-state index in [0.29, 0.717) is 0 Å². The summed E-state index contributed by atoms with van der Waals surface area (Å²) < 4.78 is 10.4. The fourth-order valence-corrected chi connectivity index (χ4v) is 3.21. The molecular formula is C20H21NO5. The number of aliphatic carboxylic acids is 1. The fourth-order valence-electron chi connectivity index (χ4n) is 3.21. The number of carbonyl (C=O) groups excluding carboxylic acids is 1. The molecule has 2 aromatic rings. The monoisotopic (exact) mass is 355 g/mol. The van der Waals surface area contributed by atoms with Crippen LogP contribution in [0.3, 0.4) is 0 Å². The lowest BCUT2D eigenvalue weighted by Gasteiger charge is -2.17. The number of carbonyl (C=O) groups is 2. The maximum absolute atomic E-state index is 12.0. The molecule has 0 saturated carbocycles. The van der Waals surface area contributed by atoms with E-state index in [9.17, 15) is 9.59 Å². The molecule has 0 aliphatic heterocycles. The second kappa shape index (κ2) is 8.01. The Morgan fingerprint density at radius 2 is 1.65 bits per heavy atom. The number of carboxylic acid groups (broad SMARTS) is 1. The van der Waals surface area contributed by atoms with Gasteiger partial charge in [-0.25, -0.2) is 9.59 Å². The zero-order chi connectivity index (χ0) is 18.5. The molecule has 6 heteroatoms. The van der Waals surface area contributed by atoms with Crippen molar-refractivity contribution in [3.63, 3.8) is 0 Å². The van der Waals surface area contributed by atoms with Crippen LogP contribution in [0.4, 0.5) is 4.79 Å². The first-order valence-electron chi connectivity index (χ1n) is 8.47. The van der Waals surface area contributed by atoms with Crippen LogP contribution in [0.1, 0.15) is 24.0 Å². The van der Waals surface area contributed by atoms with Gasteiger partial charge in [0.1, 0.15) is 13.2 Å². The molecule has 2 aromatic carbocycles. The lowest BCUT2D eigenvalue weighted by molar-refractivity contribution is -0.142. The molecule has 0 heterocycles. The van der Waals surface area contributed by atoms with Gasteiger partial charge in [-0.2, -0.15) is 0 Å². The van der Waals surface area contributed by atoms with Crippen molar-refractivity contribution < 1.29 is 24.2 Å². The third-order valence-electron chi connectivity index (χ3n) is 4.30. The van der Waals surface area contributed by atoms with E-state index in [2.05, 4.69) is 29.6 Å². The summed E-state index contributed by atoms with van der Waals surface area (Å²) in [4.78, 5) is 22.4. The predicted molar refractivity (Wildman–Crippen MR) is 96.1 cm³/mol. The van der Waals surface area contributed by atoms with Crippen molar-refractivity contribution in [1.82, 2.24) is 5.32 Å². The Morgan fingerprint density at radius 1 is 1.08 bits per heavy atom. The Hall–Kier alpha value is -2.86. The van der Waals surface area contributed by atoms with E-state index in [4.69, 9.17) is 14.6 Å². The van der Waals surface area contributed by atoms with E-state index in [-0.39, 0.29) is 25.2 Å². The second-order valence-corrected chi connectivity index (χ2v) is 6.28. The van der Waals surface area contributed by atoms with Gasteiger partial charge < -0.3 is 19.9 Å². The number of hydrogen-bond donors (Lipinski definition) is 2. The summed E-state index contributed by atoms with van der Waals surface area (Å²) in [5.41, 5.74) is 4.65. The molecule has 0 unspecified atom stereocenters. The highest BCUT2D eigenvalue weighted by molar-refractivity contribution is 5.79. The second-order valence-electron chi connectivity index (χ2n) is 6.28. The smallest absolute Gasteiger partial charge is 0.407 e. The Morgan fingerprint density at radius 3 is 2.23 bits per heavy atom. The Kier molecular flexibility index (Phi) is 5.53. The van der Waals surface area contributed by atoms with Gasteiger partial charge in [0, 0.05) is 5.92 Å². The zero-order valence-corrected chi connectivity index (χ0v) is 14.5. The van der Waals surface area contributed by atoms with E-state index >= 15 is 0 Å². The van der Waals surface area contributed by atoms with Crippen LogP contribution < -0.4 is 5.32 Å². The first-order chi connectivity index (χ1) is 12.6. The fraction of sp³-hybridized carbons (Fsp3) is 0.300. The minimum atomic E-state index is -1.04. The minimum Gasteiger partial charge on any atom is -0.480 e. The normalized spacial score (nSPS) is 13.6. The van der Waals surface area contributed by atoms with Crippen LogP contribution in [0.25, 0.3) is 11.1 Å². The summed E-state index contributed by atoms with van der Waals surface area (Å²) in [5, 5.41) is 11.2. The maximum Gasteiger partial charge on any atom is 0.407 e.